The molecule has 0 bridgehead atoms. The minimum atomic E-state index is -3.33. The van der Waals surface area contributed by atoms with Crippen molar-refractivity contribution in [2.75, 3.05) is 6.26 Å². The predicted molar refractivity (Wildman–Crippen MR) is 128 cm³/mol. The van der Waals surface area contributed by atoms with Gasteiger partial charge in [0.15, 0.2) is 15.9 Å². The van der Waals surface area contributed by atoms with Gasteiger partial charge in [-0.25, -0.2) is 17.9 Å². The van der Waals surface area contributed by atoms with Crippen LogP contribution in [0.15, 0.2) is 71.6 Å². The number of rotatable bonds is 7. The first-order valence-electron chi connectivity index (χ1n) is 9.78. The van der Waals surface area contributed by atoms with Gasteiger partial charge in [0.2, 0.25) is 5.88 Å². The molecule has 2 aromatic carbocycles. The summed E-state index contributed by atoms with van der Waals surface area (Å²) in [6, 6.07) is 19.4. The number of hydrogen-bond acceptors (Lipinski definition) is 6. The molecule has 0 spiro atoms. The number of aromatic nitrogens is 2. The zero-order chi connectivity index (χ0) is 23.8. The van der Waals surface area contributed by atoms with Gasteiger partial charge in [-0.15, -0.1) is 16.4 Å². The smallest absolute Gasteiger partial charge is 0.344 e. The van der Waals surface area contributed by atoms with Crippen LogP contribution in [0.5, 0.6) is 5.88 Å². The SMILES string of the molecule is CC(Oc1cc(-c2ccc(-c3cccc(S(C)(=O)=O)c3)s2)n(-c2ccccc2Cl)n1)C(=O)O. The van der Waals surface area contributed by atoms with E-state index in [0.29, 0.717) is 16.4 Å². The Labute approximate surface area is 199 Å². The van der Waals surface area contributed by atoms with Crippen molar-refractivity contribution in [3.05, 3.63) is 71.8 Å². The second-order valence-corrected chi connectivity index (χ2v) is 10.8. The van der Waals surface area contributed by atoms with Gasteiger partial charge in [-0.3, -0.25) is 0 Å². The van der Waals surface area contributed by atoms with Crippen LogP contribution < -0.4 is 4.74 Å². The van der Waals surface area contributed by atoms with E-state index in [1.807, 2.05) is 24.3 Å². The molecule has 4 rings (SSSR count). The molecule has 0 aliphatic heterocycles. The number of halogens is 1. The summed E-state index contributed by atoms with van der Waals surface area (Å²) in [6.07, 6.45) is 0.0957. The molecular formula is C23H19ClN2O5S2. The fourth-order valence-corrected chi connectivity index (χ4v) is 5.03. The molecule has 0 radical (unpaired) electrons. The lowest BCUT2D eigenvalue weighted by molar-refractivity contribution is -0.144. The molecule has 0 amide bonds. The Morgan fingerprint density at radius 1 is 1.09 bits per heavy atom. The van der Waals surface area contributed by atoms with Crippen LogP contribution in [0.3, 0.4) is 0 Å². The molecule has 0 saturated carbocycles. The third-order valence-corrected chi connectivity index (χ3v) is 7.40. The molecule has 0 fully saturated rings. The fourth-order valence-electron chi connectivity index (χ4n) is 3.14. The summed E-state index contributed by atoms with van der Waals surface area (Å²) in [7, 11) is -3.33. The molecule has 10 heteroatoms. The average molecular weight is 503 g/mol. The highest BCUT2D eigenvalue weighted by Gasteiger charge is 2.20. The molecule has 2 aromatic heterocycles. The van der Waals surface area contributed by atoms with E-state index in [1.54, 1.807) is 47.1 Å². The number of carboxylic acid groups (broad SMARTS) is 1. The van der Waals surface area contributed by atoms with Gasteiger partial charge in [-0.2, -0.15) is 0 Å². The average Bonchev–Trinajstić information content (AvgIpc) is 3.41. The van der Waals surface area contributed by atoms with Crippen molar-refractivity contribution >= 4 is 38.7 Å². The number of benzene rings is 2. The van der Waals surface area contributed by atoms with E-state index in [9.17, 15) is 18.3 Å². The summed E-state index contributed by atoms with van der Waals surface area (Å²) < 4.78 is 31.0. The van der Waals surface area contributed by atoms with E-state index in [1.165, 1.54) is 24.5 Å². The zero-order valence-electron chi connectivity index (χ0n) is 17.6. The fraction of sp³-hybridized carbons (Fsp3) is 0.130. The number of para-hydroxylation sites is 1. The van der Waals surface area contributed by atoms with Crippen molar-refractivity contribution in [3.63, 3.8) is 0 Å². The van der Waals surface area contributed by atoms with Crippen molar-refractivity contribution in [3.8, 4) is 32.6 Å². The van der Waals surface area contributed by atoms with Gasteiger partial charge in [0, 0.05) is 17.2 Å². The molecule has 4 aromatic rings. The molecule has 0 aliphatic carbocycles. The van der Waals surface area contributed by atoms with Crippen molar-refractivity contribution < 1.29 is 23.1 Å². The van der Waals surface area contributed by atoms with Crippen LogP contribution in [0, 0.1) is 0 Å². The van der Waals surface area contributed by atoms with Gasteiger partial charge in [0.1, 0.15) is 0 Å². The van der Waals surface area contributed by atoms with Crippen LogP contribution in [-0.4, -0.2) is 41.6 Å². The van der Waals surface area contributed by atoms with Crippen LogP contribution in [0.1, 0.15) is 6.92 Å². The number of thiophene rings is 1. The summed E-state index contributed by atoms with van der Waals surface area (Å²) in [5.74, 6) is -0.957. The monoisotopic (exact) mass is 502 g/mol. The number of carbonyl (C=O) groups is 1. The van der Waals surface area contributed by atoms with Gasteiger partial charge in [-0.1, -0.05) is 35.9 Å². The normalized spacial score (nSPS) is 12.5. The topological polar surface area (TPSA) is 98.5 Å². The van der Waals surface area contributed by atoms with Gasteiger partial charge in [0.25, 0.3) is 0 Å². The molecule has 1 atom stereocenters. The highest BCUT2D eigenvalue weighted by atomic mass is 35.5. The standard InChI is InChI=1S/C23H19ClN2O5S2/c1-14(23(27)28)31-22-13-19(26(25-22)18-9-4-3-8-17(18)24)21-11-10-20(32-21)15-6-5-7-16(12-15)33(2,29)30/h3-14H,1-2H3,(H,27,28). The summed E-state index contributed by atoms with van der Waals surface area (Å²) in [6.45, 7) is 1.43. The van der Waals surface area contributed by atoms with E-state index in [4.69, 9.17) is 16.3 Å². The second-order valence-electron chi connectivity index (χ2n) is 7.29. The molecule has 1 unspecified atom stereocenters. The van der Waals surface area contributed by atoms with E-state index in [-0.39, 0.29) is 10.8 Å². The number of hydrogen-bond donors (Lipinski definition) is 1. The van der Waals surface area contributed by atoms with Crippen LogP contribution >= 0.6 is 22.9 Å². The maximum atomic E-state index is 11.9. The minimum absolute atomic E-state index is 0.147. The Morgan fingerprint density at radius 2 is 1.82 bits per heavy atom. The van der Waals surface area contributed by atoms with E-state index in [0.717, 1.165) is 15.3 Å². The predicted octanol–water partition coefficient (Wildman–Crippen LogP) is 5.18. The van der Waals surface area contributed by atoms with Crippen molar-refractivity contribution in [2.24, 2.45) is 0 Å². The van der Waals surface area contributed by atoms with Crippen LogP contribution in [-0.2, 0) is 14.6 Å². The molecule has 0 saturated heterocycles. The molecule has 1 N–H and O–H groups in total. The third-order valence-electron chi connectivity index (χ3n) is 4.82. The molecule has 170 valence electrons. The first-order chi connectivity index (χ1) is 15.6. The summed E-state index contributed by atoms with van der Waals surface area (Å²) in [5.41, 5.74) is 2.04. The minimum Gasteiger partial charge on any atom is -0.479 e. The lowest BCUT2D eigenvalue weighted by Crippen LogP contribution is -2.23. The van der Waals surface area contributed by atoms with Crippen LogP contribution in [0.25, 0.3) is 26.7 Å². The van der Waals surface area contributed by atoms with Crippen molar-refractivity contribution in [1.29, 1.82) is 0 Å². The maximum Gasteiger partial charge on any atom is 0.344 e. The second kappa shape index (κ2) is 9.01. The summed E-state index contributed by atoms with van der Waals surface area (Å²) >= 11 is 7.84. The maximum absolute atomic E-state index is 11.9. The van der Waals surface area contributed by atoms with E-state index in [2.05, 4.69) is 5.10 Å². The number of sulfone groups is 1. The Balaban J connectivity index is 1.79. The highest BCUT2D eigenvalue weighted by Crippen LogP contribution is 2.38. The third kappa shape index (κ3) is 4.95. The lowest BCUT2D eigenvalue weighted by atomic mass is 10.2. The van der Waals surface area contributed by atoms with Gasteiger partial charge < -0.3 is 9.84 Å². The number of ether oxygens (including phenoxy) is 1. The van der Waals surface area contributed by atoms with Crippen LogP contribution in [0.2, 0.25) is 5.02 Å². The number of carboxylic acids is 1. The highest BCUT2D eigenvalue weighted by molar-refractivity contribution is 7.90. The molecule has 2 heterocycles. The van der Waals surface area contributed by atoms with Gasteiger partial charge in [-0.05, 0) is 48.9 Å². The Morgan fingerprint density at radius 3 is 2.52 bits per heavy atom. The summed E-state index contributed by atoms with van der Waals surface area (Å²) in [5, 5.41) is 14.1. The molecule has 7 nitrogen and oxygen atoms in total. The number of nitrogens with zero attached hydrogens (tertiary/aromatic N) is 2. The quantitative estimate of drug-likeness (QED) is 0.374. The van der Waals surface area contributed by atoms with E-state index < -0.39 is 21.9 Å². The zero-order valence-corrected chi connectivity index (χ0v) is 20.0. The largest absolute Gasteiger partial charge is 0.479 e. The first-order valence-corrected chi connectivity index (χ1v) is 12.9. The van der Waals surface area contributed by atoms with E-state index >= 15 is 0 Å². The summed E-state index contributed by atoms with van der Waals surface area (Å²) in [4.78, 5) is 13.2. The first kappa shape index (κ1) is 23.0. The Hall–Kier alpha value is -3.14. The van der Waals surface area contributed by atoms with Gasteiger partial charge >= 0.3 is 5.97 Å². The van der Waals surface area contributed by atoms with Crippen LogP contribution in [0.4, 0.5) is 0 Å². The number of aliphatic carboxylic acids is 1. The lowest BCUT2D eigenvalue weighted by Gasteiger charge is -2.08. The molecule has 0 aliphatic rings. The molecular weight excluding hydrogens is 484 g/mol. The van der Waals surface area contributed by atoms with Gasteiger partial charge in [0.05, 0.1) is 26.2 Å². The van der Waals surface area contributed by atoms with Crippen molar-refractivity contribution in [2.45, 2.75) is 17.9 Å². The Kier molecular flexibility index (Phi) is 6.29. The van der Waals surface area contributed by atoms with Crippen molar-refractivity contribution in [1.82, 2.24) is 9.78 Å². The molecule has 33 heavy (non-hydrogen) atoms. The Bertz CT molecular complexity index is 1440.